The van der Waals surface area contributed by atoms with Gasteiger partial charge in [-0.15, -0.1) is 0 Å². The van der Waals surface area contributed by atoms with Crippen molar-refractivity contribution in [2.24, 2.45) is 17.8 Å². The molecule has 2 amide bonds. The highest BCUT2D eigenvalue weighted by Gasteiger charge is 2.51. The van der Waals surface area contributed by atoms with E-state index < -0.39 is 0 Å². The fourth-order valence-electron chi connectivity index (χ4n) is 6.57. The molecule has 4 heteroatoms. The number of carbonyl (C=O) groups excluding carboxylic acids is 1. The highest BCUT2D eigenvalue weighted by Crippen LogP contribution is 2.55. The first-order valence-electron chi connectivity index (χ1n) is 10.6. The Balaban J connectivity index is 1.20. The van der Waals surface area contributed by atoms with Gasteiger partial charge in [0.05, 0.1) is 0 Å². The molecule has 0 unspecified atom stereocenters. The van der Waals surface area contributed by atoms with Crippen LogP contribution in [0.4, 0.5) is 16.2 Å². The van der Waals surface area contributed by atoms with Crippen molar-refractivity contribution in [2.75, 3.05) is 23.3 Å². The number of nitrogens with one attached hydrogen (secondary N) is 2. The zero-order valence-electron chi connectivity index (χ0n) is 15.7. The van der Waals surface area contributed by atoms with Crippen LogP contribution in [0.5, 0.6) is 0 Å². The normalized spacial score (nSPS) is 35.4. The molecule has 0 radical (unpaired) electrons. The molecule has 5 fully saturated rings. The number of nitrogens with zero attached hydrogens (tertiary/aromatic N) is 1. The summed E-state index contributed by atoms with van der Waals surface area (Å²) >= 11 is 0. The Hall–Kier alpha value is -1.71. The van der Waals surface area contributed by atoms with Crippen molar-refractivity contribution in [1.29, 1.82) is 0 Å². The number of carbonyl (C=O) groups is 1. The topological polar surface area (TPSA) is 44.4 Å². The first-order valence-corrected chi connectivity index (χ1v) is 10.6. The number of rotatable bonds is 3. The minimum atomic E-state index is -0.0160. The summed E-state index contributed by atoms with van der Waals surface area (Å²) < 4.78 is 0. The van der Waals surface area contributed by atoms with E-state index in [1.807, 2.05) is 12.1 Å². The van der Waals surface area contributed by atoms with Crippen LogP contribution in [0.2, 0.25) is 0 Å². The maximum Gasteiger partial charge on any atom is 0.319 e. The van der Waals surface area contributed by atoms with Crippen molar-refractivity contribution in [1.82, 2.24) is 5.32 Å². The summed E-state index contributed by atoms with van der Waals surface area (Å²) in [7, 11) is 0. The second-order valence-corrected chi connectivity index (χ2v) is 9.37. The van der Waals surface area contributed by atoms with Gasteiger partial charge in [0, 0.05) is 30.0 Å². The molecule has 4 saturated carbocycles. The lowest BCUT2D eigenvalue weighted by molar-refractivity contribution is -0.0127. The maximum atomic E-state index is 12.7. The van der Waals surface area contributed by atoms with E-state index in [1.165, 1.54) is 63.5 Å². The van der Waals surface area contributed by atoms with E-state index in [2.05, 4.69) is 27.7 Å². The van der Waals surface area contributed by atoms with Crippen LogP contribution in [-0.2, 0) is 0 Å². The number of hydrogen-bond donors (Lipinski definition) is 2. The molecule has 1 aliphatic heterocycles. The van der Waals surface area contributed by atoms with E-state index >= 15 is 0 Å². The first-order chi connectivity index (χ1) is 12.7. The predicted molar refractivity (Wildman–Crippen MR) is 106 cm³/mol. The number of amides is 2. The Bertz CT molecular complexity index is 627. The minimum Gasteiger partial charge on any atom is -0.372 e. The quantitative estimate of drug-likeness (QED) is 0.822. The van der Waals surface area contributed by atoms with E-state index in [1.54, 1.807) is 0 Å². The lowest BCUT2D eigenvalue weighted by Crippen LogP contribution is -2.60. The molecule has 4 bridgehead atoms. The van der Waals surface area contributed by atoms with Crippen LogP contribution < -0.4 is 15.5 Å². The molecule has 1 aromatic carbocycles. The SMILES string of the molecule is O=C(Nc1ccc(N2CCCCC2)cc1)NC12CC3CC(CC(C3)C1)C2. The van der Waals surface area contributed by atoms with Gasteiger partial charge in [-0.25, -0.2) is 4.79 Å². The fourth-order valence-corrected chi connectivity index (χ4v) is 6.57. The molecule has 1 heterocycles. The van der Waals surface area contributed by atoms with Crippen LogP contribution in [-0.4, -0.2) is 24.7 Å². The summed E-state index contributed by atoms with van der Waals surface area (Å²) in [5.74, 6) is 2.56. The van der Waals surface area contributed by atoms with Gasteiger partial charge < -0.3 is 15.5 Å². The van der Waals surface area contributed by atoms with E-state index in [9.17, 15) is 4.79 Å². The summed E-state index contributed by atoms with van der Waals surface area (Å²) in [5.41, 5.74) is 2.25. The summed E-state index contributed by atoms with van der Waals surface area (Å²) in [6.07, 6.45) is 11.7. The average molecular weight is 354 g/mol. The Labute approximate surface area is 156 Å². The van der Waals surface area contributed by atoms with E-state index in [0.29, 0.717) is 0 Å². The van der Waals surface area contributed by atoms with Gasteiger partial charge in [0.1, 0.15) is 0 Å². The van der Waals surface area contributed by atoms with Gasteiger partial charge in [-0.3, -0.25) is 0 Å². The summed E-state index contributed by atoms with van der Waals surface area (Å²) in [5, 5.41) is 6.47. The van der Waals surface area contributed by atoms with Crippen molar-refractivity contribution in [3.63, 3.8) is 0 Å². The van der Waals surface area contributed by atoms with Gasteiger partial charge in [-0.2, -0.15) is 0 Å². The zero-order chi connectivity index (χ0) is 17.6. The van der Waals surface area contributed by atoms with Crippen molar-refractivity contribution in [3.8, 4) is 0 Å². The molecule has 1 aromatic rings. The molecule has 2 N–H and O–H groups in total. The molecule has 0 spiro atoms. The van der Waals surface area contributed by atoms with Gasteiger partial charge in [-0.05, 0) is 99.8 Å². The number of anilines is 2. The molecule has 0 atom stereocenters. The van der Waals surface area contributed by atoms with Crippen molar-refractivity contribution in [3.05, 3.63) is 24.3 Å². The Morgan fingerprint density at radius 3 is 2.04 bits per heavy atom. The van der Waals surface area contributed by atoms with Crippen molar-refractivity contribution >= 4 is 17.4 Å². The Morgan fingerprint density at radius 1 is 0.885 bits per heavy atom. The minimum absolute atomic E-state index is 0.0160. The van der Waals surface area contributed by atoms with Crippen LogP contribution in [0.25, 0.3) is 0 Å². The second-order valence-electron chi connectivity index (χ2n) is 9.37. The zero-order valence-corrected chi connectivity index (χ0v) is 15.7. The molecule has 4 nitrogen and oxygen atoms in total. The van der Waals surface area contributed by atoms with Gasteiger partial charge in [0.2, 0.25) is 0 Å². The lowest BCUT2D eigenvalue weighted by atomic mass is 9.53. The van der Waals surface area contributed by atoms with Crippen LogP contribution >= 0.6 is 0 Å². The van der Waals surface area contributed by atoms with Crippen LogP contribution in [0.15, 0.2) is 24.3 Å². The van der Waals surface area contributed by atoms with E-state index in [0.717, 1.165) is 36.5 Å². The van der Waals surface area contributed by atoms with Crippen LogP contribution in [0.3, 0.4) is 0 Å². The van der Waals surface area contributed by atoms with Crippen molar-refractivity contribution in [2.45, 2.75) is 63.3 Å². The number of urea groups is 1. The third-order valence-corrected chi connectivity index (χ3v) is 7.26. The molecule has 26 heavy (non-hydrogen) atoms. The van der Waals surface area contributed by atoms with E-state index in [4.69, 9.17) is 0 Å². The number of hydrogen-bond acceptors (Lipinski definition) is 2. The fraction of sp³-hybridized carbons (Fsp3) is 0.682. The molecule has 5 aliphatic rings. The third-order valence-electron chi connectivity index (χ3n) is 7.26. The largest absolute Gasteiger partial charge is 0.372 e. The average Bonchev–Trinajstić information content (AvgIpc) is 2.61. The van der Waals surface area contributed by atoms with Crippen LogP contribution in [0.1, 0.15) is 57.8 Å². The van der Waals surface area contributed by atoms with Gasteiger partial charge in [0.15, 0.2) is 0 Å². The Morgan fingerprint density at radius 2 is 1.46 bits per heavy atom. The summed E-state index contributed by atoms with van der Waals surface area (Å²) in [4.78, 5) is 15.1. The summed E-state index contributed by atoms with van der Waals surface area (Å²) in [6, 6.07) is 8.36. The molecular weight excluding hydrogens is 322 g/mol. The predicted octanol–water partition coefficient (Wildman–Crippen LogP) is 4.77. The van der Waals surface area contributed by atoms with Crippen molar-refractivity contribution < 1.29 is 4.79 Å². The molecule has 0 aromatic heterocycles. The molecule has 6 rings (SSSR count). The Kier molecular flexibility index (Phi) is 4.10. The first kappa shape index (κ1) is 16.5. The van der Waals surface area contributed by atoms with Gasteiger partial charge >= 0.3 is 6.03 Å². The molecular formula is C22H31N3O. The van der Waals surface area contributed by atoms with Gasteiger partial charge in [0.25, 0.3) is 0 Å². The molecule has 4 aliphatic carbocycles. The lowest BCUT2D eigenvalue weighted by Gasteiger charge is -2.56. The molecule has 1 saturated heterocycles. The smallest absolute Gasteiger partial charge is 0.319 e. The highest BCUT2D eigenvalue weighted by molar-refractivity contribution is 5.90. The third kappa shape index (κ3) is 3.19. The number of benzene rings is 1. The highest BCUT2D eigenvalue weighted by atomic mass is 16.2. The second kappa shape index (κ2) is 6.47. The van der Waals surface area contributed by atoms with Crippen LogP contribution in [0, 0.1) is 17.8 Å². The summed E-state index contributed by atoms with van der Waals surface area (Å²) in [6.45, 7) is 2.30. The number of piperidine rings is 1. The monoisotopic (exact) mass is 353 g/mol. The maximum absolute atomic E-state index is 12.7. The van der Waals surface area contributed by atoms with Gasteiger partial charge in [-0.1, -0.05) is 0 Å². The van der Waals surface area contributed by atoms with E-state index in [-0.39, 0.29) is 11.6 Å². The molecule has 140 valence electrons. The standard InChI is InChI=1S/C22H31N3O/c26-21(24-22-13-16-10-17(14-22)12-18(11-16)15-22)23-19-4-6-20(7-5-19)25-8-2-1-3-9-25/h4-7,16-18H,1-3,8-15H2,(H2,23,24,26).